The van der Waals surface area contributed by atoms with E-state index < -0.39 is 17.7 Å². The minimum absolute atomic E-state index is 0.0553. The third-order valence-corrected chi connectivity index (χ3v) is 6.45. The molecule has 4 nitrogen and oxygen atoms in total. The first kappa shape index (κ1) is 14.0. The lowest BCUT2D eigenvalue weighted by atomic mass is 9.56. The van der Waals surface area contributed by atoms with Crippen LogP contribution < -0.4 is 0 Å². The molecule has 0 aromatic rings. The zero-order valence-corrected chi connectivity index (χ0v) is 13.4. The molecule has 1 spiro atoms. The third-order valence-electron chi connectivity index (χ3n) is 6.45. The van der Waals surface area contributed by atoms with Crippen molar-refractivity contribution >= 4 is 5.97 Å². The van der Waals surface area contributed by atoms with Crippen LogP contribution in [0.15, 0.2) is 0 Å². The number of ether oxygens (including phenoxy) is 3. The van der Waals surface area contributed by atoms with E-state index in [0.29, 0.717) is 11.8 Å². The highest BCUT2D eigenvalue weighted by Gasteiger charge is 2.72. The SMILES string of the molecule is CC(C)[C@H]1C(=O)O[C@@H]2O[C@@]3(C)CC[C@H]4[C@H](C)CC[C@@H]1[C@@]24O3. The molecular weight excluding hydrogens is 268 g/mol. The smallest absolute Gasteiger partial charge is 0.312 e. The molecule has 4 heteroatoms. The molecule has 0 unspecified atom stereocenters. The highest BCUT2D eigenvalue weighted by molar-refractivity contribution is 5.75. The van der Waals surface area contributed by atoms with E-state index >= 15 is 0 Å². The molecule has 3 aliphatic heterocycles. The van der Waals surface area contributed by atoms with Gasteiger partial charge < -0.3 is 14.2 Å². The Balaban J connectivity index is 1.82. The number of carbonyl (C=O) groups excluding carboxylic acids is 1. The van der Waals surface area contributed by atoms with Gasteiger partial charge in [0.05, 0.1) is 5.92 Å². The molecule has 0 radical (unpaired) electrons. The standard InChI is InChI=1S/C17H26O4/c1-9(2)13-12-6-5-10(3)11-7-8-16(4)20-15(19-14(13)18)17(11,12)21-16/h9-13,15H,5-8H2,1-4H3/t10-,11+,12+,13-,15-,16-,17-/m1/s1. The highest BCUT2D eigenvalue weighted by Crippen LogP contribution is 2.63. The van der Waals surface area contributed by atoms with Crippen molar-refractivity contribution < 1.29 is 19.0 Å². The normalized spacial score (nSPS) is 55.3. The van der Waals surface area contributed by atoms with Gasteiger partial charge >= 0.3 is 5.97 Å². The first-order valence-corrected chi connectivity index (χ1v) is 8.46. The fourth-order valence-electron chi connectivity index (χ4n) is 5.55. The van der Waals surface area contributed by atoms with Crippen LogP contribution in [0.5, 0.6) is 0 Å². The summed E-state index contributed by atoms with van der Waals surface area (Å²) in [5, 5.41) is 0. The van der Waals surface area contributed by atoms with E-state index in [9.17, 15) is 4.79 Å². The Morgan fingerprint density at radius 1 is 1.19 bits per heavy atom. The molecule has 21 heavy (non-hydrogen) atoms. The van der Waals surface area contributed by atoms with E-state index in [2.05, 4.69) is 20.8 Å². The predicted molar refractivity (Wildman–Crippen MR) is 76.1 cm³/mol. The van der Waals surface area contributed by atoms with Crippen LogP contribution in [-0.4, -0.2) is 23.6 Å². The van der Waals surface area contributed by atoms with Crippen molar-refractivity contribution in [2.24, 2.45) is 29.6 Å². The molecule has 1 saturated carbocycles. The lowest BCUT2D eigenvalue weighted by molar-refractivity contribution is -0.267. The summed E-state index contributed by atoms with van der Waals surface area (Å²) in [7, 11) is 0. The van der Waals surface area contributed by atoms with Gasteiger partial charge in [0.15, 0.2) is 5.79 Å². The summed E-state index contributed by atoms with van der Waals surface area (Å²) >= 11 is 0. The quantitative estimate of drug-likeness (QED) is 0.697. The van der Waals surface area contributed by atoms with Crippen LogP contribution in [0.3, 0.4) is 0 Å². The van der Waals surface area contributed by atoms with Crippen molar-refractivity contribution in [2.75, 3.05) is 0 Å². The second-order valence-electron chi connectivity index (χ2n) is 8.05. The average Bonchev–Trinajstić information content (AvgIpc) is 2.61. The van der Waals surface area contributed by atoms with Gasteiger partial charge in [-0.25, -0.2) is 0 Å². The molecular formula is C17H26O4. The third kappa shape index (κ3) is 1.66. The maximum Gasteiger partial charge on any atom is 0.312 e. The van der Waals surface area contributed by atoms with Crippen molar-refractivity contribution in [3.63, 3.8) is 0 Å². The van der Waals surface area contributed by atoms with Crippen LogP contribution in [0.1, 0.15) is 53.4 Å². The van der Waals surface area contributed by atoms with Gasteiger partial charge in [0.25, 0.3) is 0 Å². The summed E-state index contributed by atoms with van der Waals surface area (Å²) in [6, 6.07) is 0. The van der Waals surface area contributed by atoms with E-state index in [1.165, 1.54) is 6.42 Å². The largest absolute Gasteiger partial charge is 0.432 e. The maximum atomic E-state index is 12.5. The number of hydrogen-bond donors (Lipinski definition) is 0. The van der Waals surface area contributed by atoms with Crippen LogP contribution >= 0.6 is 0 Å². The van der Waals surface area contributed by atoms with Gasteiger partial charge in [0, 0.05) is 12.3 Å². The molecule has 0 aromatic heterocycles. The van der Waals surface area contributed by atoms with Crippen molar-refractivity contribution in [2.45, 2.75) is 71.1 Å². The summed E-state index contributed by atoms with van der Waals surface area (Å²) in [5.41, 5.74) is -0.395. The fourth-order valence-corrected chi connectivity index (χ4v) is 5.55. The minimum atomic E-state index is -0.567. The van der Waals surface area contributed by atoms with Crippen LogP contribution in [0.4, 0.5) is 0 Å². The lowest BCUT2D eigenvalue weighted by Gasteiger charge is -2.57. The maximum absolute atomic E-state index is 12.5. The Hall–Kier alpha value is -0.610. The second-order valence-corrected chi connectivity index (χ2v) is 8.05. The first-order valence-electron chi connectivity index (χ1n) is 8.46. The number of fused-ring (bicyclic) bond motifs is 1. The number of carbonyl (C=O) groups is 1. The number of hydrogen-bond acceptors (Lipinski definition) is 4. The topological polar surface area (TPSA) is 44.8 Å². The molecule has 3 saturated heterocycles. The van der Waals surface area contributed by atoms with E-state index in [1.54, 1.807) is 0 Å². The van der Waals surface area contributed by atoms with Crippen LogP contribution in [-0.2, 0) is 19.0 Å². The van der Waals surface area contributed by atoms with Gasteiger partial charge in [-0.15, -0.1) is 0 Å². The van der Waals surface area contributed by atoms with Gasteiger partial charge in [-0.3, -0.25) is 4.79 Å². The Kier molecular flexibility index (Phi) is 2.82. The summed E-state index contributed by atoms with van der Waals surface area (Å²) in [5.74, 6) is 0.879. The molecule has 3 heterocycles. The number of rotatable bonds is 1. The molecule has 0 N–H and O–H groups in total. The minimum Gasteiger partial charge on any atom is -0.432 e. The van der Waals surface area contributed by atoms with Crippen molar-refractivity contribution in [3.8, 4) is 0 Å². The van der Waals surface area contributed by atoms with Crippen molar-refractivity contribution in [3.05, 3.63) is 0 Å². The molecule has 4 aliphatic rings. The summed E-state index contributed by atoms with van der Waals surface area (Å²) in [6.07, 6.45) is 3.75. The monoisotopic (exact) mass is 294 g/mol. The van der Waals surface area contributed by atoms with Gasteiger partial charge in [-0.1, -0.05) is 20.8 Å². The summed E-state index contributed by atoms with van der Waals surface area (Å²) < 4.78 is 18.4. The number of esters is 1. The molecule has 7 atom stereocenters. The molecule has 0 amide bonds. The van der Waals surface area contributed by atoms with Gasteiger partial charge in [0.1, 0.15) is 5.60 Å². The fraction of sp³-hybridized carbons (Fsp3) is 0.941. The van der Waals surface area contributed by atoms with E-state index in [0.717, 1.165) is 19.3 Å². The predicted octanol–water partition coefficient (Wildman–Crippen LogP) is 3.10. The van der Waals surface area contributed by atoms with Crippen LogP contribution in [0.25, 0.3) is 0 Å². The van der Waals surface area contributed by atoms with E-state index in [4.69, 9.17) is 14.2 Å². The molecule has 0 aromatic carbocycles. The first-order chi connectivity index (χ1) is 9.87. The Morgan fingerprint density at radius 3 is 2.67 bits per heavy atom. The molecule has 4 fully saturated rings. The highest BCUT2D eigenvalue weighted by atomic mass is 16.8. The average molecular weight is 294 g/mol. The molecule has 1 aliphatic carbocycles. The Labute approximate surface area is 126 Å². The van der Waals surface area contributed by atoms with Crippen molar-refractivity contribution in [1.29, 1.82) is 0 Å². The second kappa shape index (κ2) is 4.23. The Morgan fingerprint density at radius 2 is 1.95 bits per heavy atom. The zero-order chi connectivity index (χ0) is 15.0. The molecule has 4 rings (SSSR count). The van der Waals surface area contributed by atoms with Gasteiger partial charge in [-0.05, 0) is 43.9 Å². The van der Waals surface area contributed by atoms with Gasteiger partial charge in [-0.2, -0.15) is 0 Å². The van der Waals surface area contributed by atoms with Gasteiger partial charge in [0.2, 0.25) is 6.29 Å². The Bertz CT molecular complexity index is 475. The molecule has 118 valence electrons. The van der Waals surface area contributed by atoms with Crippen LogP contribution in [0.2, 0.25) is 0 Å². The zero-order valence-electron chi connectivity index (χ0n) is 13.4. The molecule has 2 bridgehead atoms. The lowest BCUT2D eigenvalue weighted by Crippen LogP contribution is -2.66. The van der Waals surface area contributed by atoms with E-state index in [-0.39, 0.29) is 23.7 Å². The van der Waals surface area contributed by atoms with Crippen LogP contribution in [0, 0.1) is 29.6 Å². The summed E-state index contributed by atoms with van der Waals surface area (Å²) in [6.45, 7) is 8.56. The van der Waals surface area contributed by atoms with Crippen molar-refractivity contribution in [1.82, 2.24) is 0 Å². The summed E-state index contributed by atoms with van der Waals surface area (Å²) in [4.78, 5) is 12.5. The van der Waals surface area contributed by atoms with E-state index in [1.807, 2.05) is 6.92 Å².